The molecule has 17 heavy (non-hydrogen) atoms. The molecule has 0 unspecified atom stereocenters. The second kappa shape index (κ2) is 4.91. The van der Waals surface area contributed by atoms with Gasteiger partial charge in [-0.05, 0) is 11.8 Å². The van der Waals surface area contributed by atoms with E-state index in [4.69, 9.17) is 16.7 Å². The van der Waals surface area contributed by atoms with Crippen molar-refractivity contribution in [1.29, 1.82) is 0 Å². The molecule has 2 aromatic heterocycles. The van der Waals surface area contributed by atoms with E-state index in [1.165, 1.54) is 18.1 Å². The molecular weight excluding hydrogens is 264 g/mol. The van der Waals surface area contributed by atoms with Crippen LogP contribution in [0.1, 0.15) is 5.69 Å². The summed E-state index contributed by atoms with van der Waals surface area (Å²) in [6.07, 6.45) is 2.84. The van der Waals surface area contributed by atoms with Gasteiger partial charge < -0.3 is 14.7 Å². The van der Waals surface area contributed by atoms with Gasteiger partial charge >= 0.3 is 0 Å². The molecule has 8 heteroatoms. The monoisotopic (exact) mass is 272 g/mol. The highest BCUT2D eigenvalue weighted by atomic mass is 35.5. The van der Waals surface area contributed by atoms with E-state index >= 15 is 0 Å². The van der Waals surface area contributed by atoms with Gasteiger partial charge in [0.05, 0.1) is 24.8 Å². The van der Waals surface area contributed by atoms with Crippen LogP contribution in [0.25, 0.3) is 0 Å². The molecule has 0 bridgehead atoms. The van der Waals surface area contributed by atoms with Crippen LogP contribution in [0, 0.1) is 0 Å². The molecule has 0 aliphatic carbocycles. The summed E-state index contributed by atoms with van der Waals surface area (Å²) in [4.78, 5) is 21.7. The molecule has 0 saturated heterocycles. The normalized spacial score (nSPS) is 10.8. The summed E-state index contributed by atoms with van der Waals surface area (Å²) in [5.74, 6) is 0. The molecule has 90 valence electrons. The van der Waals surface area contributed by atoms with Gasteiger partial charge in [-0.15, -0.1) is 0 Å². The van der Waals surface area contributed by atoms with Gasteiger partial charge in [-0.1, -0.05) is 11.6 Å². The van der Waals surface area contributed by atoms with Crippen molar-refractivity contribution in [3.05, 3.63) is 33.6 Å². The van der Waals surface area contributed by atoms with E-state index in [2.05, 4.69) is 15.0 Å². The Kier molecular flexibility index (Phi) is 3.51. The summed E-state index contributed by atoms with van der Waals surface area (Å²) in [5, 5.41) is 10.1. The highest BCUT2D eigenvalue weighted by Gasteiger charge is 2.12. The number of hydrogen-bond acceptors (Lipinski definition) is 5. The van der Waals surface area contributed by atoms with Crippen molar-refractivity contribution in [3.63, 3.8) is 0 Å². The molecule has 2 heterocycles. The van der Waals surface area contributed by atoms with Gasteiger partial charge in [0.15, 0.2) is 5.16 Å². The number of aromatic amines is 1. The molecule has 0 aliphatic heterocycles. The van der Waals surface area contributed by atoms with Gasteiger partial charge in [-0.25, -0.2) is 9.97 Å². The number of aromatic nitrogens is 4. The zero-order chi connectivity index (χ0) is 12.4. The lowest BCUT2D eigenvalue weighted by Crippen LogP contribution is -2.08. The first kappa shape index (κ1) is 12.2. The summed E-state index contributed by atoms with van der Waals surface area (Å²) < 4.78 is 1.71. The Hall–Kier alpha value is -1.31. The summed E-state index contributed by atoms with van der Waals surface area (Å²) in [7, 11) is 1.77. The van der Waals surface area contributed by atoms with Gasteiger partial charge in [0.1, 0.15) is 10.0 Å². The first-order valence-electron chi connectivity index (χ1n) is 4.66. The van der Waals surface area contributed by atoms with Crippen molar-refractivity contribution < 1.29 is 5.11 Å². The van der Waals surface area contributed by atoms with Crippen LogP contribution in [0.5, 0.6) is 0 Å². The minimum atomic E-state index is -0.388. The highest BCUT2D eigenvalue weighted by molar-refractivity contribution is 7.99. The van der Waals surface area contributed by atoms with E-state index in [-0.39, 0.29) is 17.2 Å². The van der Waals surface area contributed by atoms with E-state index in [1.807, 2.05) is 0 Å². The van der Waals surface area contributed by atoms with E-state index in [1.54, 1.807) is 17.8 Å². The van der Waals surface area contributed by atoms with E-state index in [9.17, 15) is 4.79 Å². The minimum Gasteiger partial charge on any atom is -0.390 e. The van der Waals surface area contributed by atoms with Crippen LogP contribution in [0.3, 0.4) is 0 Å². The van der Waals surface area contributed by atoms with Gasteiger partial charge in [0.2, 0.25) is 0 Å². The Morgan fingerprint density at radius 1 is 1.59 bits per heavy atom. The smallest absolute Gasteiger partial charge is 0.270 e. The van der Waals surface area contributed by atoms with Gasteiger partial charge in [0.25, 0.3) is 5.56 Å². The minimum absolute atomic E-state index is 0.0334. The molecule has 6 nitrogen and oxygen atoms in total. The van der Waals surface area contributed by atoms with Gasteiger partial charge in [0, 0.05) is 7.05 Å². The fourth-order valence-corrected chi connectivity index (χ4v) is 2.23. The number of nitrogens with zero attached hydrogens (tertiary/aromatic N) is 3. The third-order valence-corrected chi connectivity index (χ3v) is 3.68. The number of imidazole rings is 1. The molecule has 0 spiro atoms. The molecule has 0 atom stereocenters. The molecule has 0 amide bonds. The summed E-state index contributed by atoms with van der Waals surface area (Å²) in [5.41, 5.74) is 0.286. The second-order valence-electron chi connectivity index (χ2n) is 3.20. The largest absolute Gasteiger partial charge is 0.390 e. The van der Waals surface area contributed by atoms with Gasteiger partial charge in [-0.3, -0.25) is 4.79 Å². The first-order chi connectivity index (χ1) is 8.13. The predicted octanol–water partition coefficient (Wildman–Crippen LogP) is 0.800. The third kappa shape index (κ3) is 2.36. The maximum absolute atomic E-state index is 11.3. The second-order valence-corrected chi connectivity index (χ2v) is 4.54. The van der Waals surface area contributed by atoms with Crippen LogP contribution < -0.4 is 5.56 Å². The molecular formula is C9H9ClN4O2S. The molecule has 0 saturated carbocycles. The third-order valence-electron chi connectivity index (χ3n) is 2.16. The maximum Gasteiger partial charge on any atom is 0.270 e. The van der Waals surface area contributed by atoms with E-state index < -0.39 is 0 Å². The molecule has 0 fully saturated rings. The van der Waals surface area contributed by atoms with Crippen molar-refractivity contribution in [2.24, 2.45) is 7.05 Å². The lowest BCUT2D eigenvalue weighted by molar-refractivity contribution is 0.271. The fourth-order valence-electron chi connectivity index (χ4n) is 1.19. The quantitative estimate of drug-likeness (QED) is 0.808. The Bertz CT molecular complexity index is 595. The standard InChI is InChI=1S/C9H9ClN4O2S/c1-14-5(3-15)2-11-9(14)17-8-6(10)7(16)12-4-13-8/h2,4,15H,3H2,1H3,(H,12,13,16). The van der Waals surface area contributed by atoms with Crippen LogP contribution in [-0.2, 0) is 13.7 Å². The van der Waals surface area contributed by atoms with Crippen LogP contribution in [0.2, 0.25) is 5.02 Å². The first-order valence-corrected chi connectivity index (χ1v) is 5.85. The zero-order valence-electron chi connectivity index (χ0n) is 8.85. The lowest BCUT2D eigenvalue weighted by atomic mass is 10.5. The van der Waals surface area contributed by atoms with Gasteiger partial charge in [-0.2, -0.15) is 0 Å². The van der Waals surface area contributed by atoms with Crippen molar-refractivity contribution in [1.82, 2.24) is 19.5 Å². The Morgan fingerprint density at radius 3 is 3.00 bits per heavy atom. The average molecular weight is 273 g/mol. The van der Waals surface area contributed by atoms with E-state index in [0.717, 1.165) is 0 Å². The van der Waals surface area contributed by atoms with Crippen molar-refractivity contribution in [2.75, 3.05) is 0 Å². The lowest BCUT2D eigenvalue weighted by Gasteiger charge is -2.03. The summed E-state index contributed by atoms with van der Waals surface area (Å²) >= 11 is 6.99. The van der Waals surface area contributed by atoms with Crippen LogP contribution >= 0.6 is 23.4 Å². The number of hydrogen-bond donors (Lipinski definition) is 2. The Balaban J connectivity index is 2.35. The number of H-pyrrole nitrogens is 1. The van der Waals surface area contributed by atoms with E-state index in [0.29, 0.717) is 15.9 Å². The van der Waals surface area contributed by atoms with Crippen LogP contribution in [-0.4, -0.2) is 24.6 Å². The Labute approximate surface area is 106 Å². The number of halogens is 1. The number of aliphatic hydroxyl groups is 1. The summed E-state index contributed by atoms with van der Waals surface area (Å²) in [6.45, 7) is -0.0966. The van der Waals surface area contributed by atoms with Crippen molar-refractivity contribution in [3.8, 4) is 0 Å². The molecule has 2 N–H and O–H groups in total. The number of rotatable bonds is 3. The molecule has 0 aliphatic rings. The summed E-state index contributed by atoms with van der Waals surface area (Å²) in [6, 6.07) is 0. The number of aliphatic hydroxyl groups excluding tert-OH is 1. The topological polar surface area (TPSA) is 83.8 Å². The number of nitrogens with one attached hydrogen (secondary N) is 1. The Morgan fingerprint density at radius 2 is 2.35 bits per heavy atom. The molecule has 0 radical (unpaired) electrons. The zero-order valence-corrected chi connectivity index (χ0v) is 10.4. The highest BCUT2D eigenvalue weighted by Crippen LogP contribution is 2.28. The van der Waals surface area contributed by atoms with Crippen LogP contribution in [0.4, 0.5) is 0 Å². The van der Waals surface area contributed by atoms with Crippen molar-refractivity contribution in [2.45, 2.75) is 16.8 Å². The maximum atomic E-state index is 11.3. The molecule has 2 rings (SSSR count). The predicted molar refractivity (Wildman–Crippen MR) is 63.1 cm³/mol. The van der Waals surface area contributed by atoms with Crippen molar-refractivity contribution >= 4 is 23.4 Å². The SMILES string of the molecule is Cn1c(CO)cnc1Sc1nc[nH]c(=O)c1Cl. The molecule has 0 aromatic carbocycles. The average Bonchev–Trinajstić information content (AvgIpc) is 2.66. The molecule has 2 aromatic rings. The van der Waals surface area contributed by atoms with Crippen LogP contribution in [0.15, 0.2) is 27.5 Å². The fraction of sp³-hybridized carbons (Fsp3) is 0.222.